The summed E-state index contributed by atoms with van der Waals surface area (Å²) in [6, 6.07) is 9.27. The van der Waals surface area contributed by atoms with Crippen molar-refractivity contribution in [3.8, 4) is 11.5 Å². The number of rotatable bonds is 9. The van der Waals surface area contributed by atoms with Crippen LogP contribution in [0, 0.1) is 10.1 Å². The second-order valence-corrected chi connectivity index (χ2v) is 6.68. The third-order valence-corrected chi connectivity index (χ3v) is 4.81. The SMILES string of the molecule is COCCn1nc(CNC(=O)c2cc(OC)c(OC)cc2[N+](=O)[O-])c2ccccc2c1=O. The highest BCUT2D eigenvalue weighted by Gasteiger charge is 2.25. The second kappa shape index (κ2) is 9.88. The standard InChI is InChI=1S/C21H22N4O7/c1-30-9-8-24-21(27)14-7-5-4-6-13(14)16(23-24)12-22-20(26)15-10-18(31-2)19(32-3)11-17(15)25(28)29/h4-7,10-11H,8-9,12H2,1-3H3,(H,22,26). The summed E-state index contributed by atoms with van der Waals surface area (Å²) in [5.41, 5.74) is -0.455. The average molecular weight is 442 g/mol. The lowest BCUT2D eigenvalue weighted by Gasteiger charge is -2.13. The first kappa shape index (κ1) is 22.7. The van der Waals surface area contributed by atoms with E-state index in [9.17, 15) is 19.7 Å². The van der Waals surface area contributed by atoms with Gasteiger partial charge in [0.1, 0.15) is 5.56 Å². The van der Waals surface area contributed by atoms with E-state index in [4.69, 9.17) is 14.2 Å². The van der Waals surface area contributed by atoms with Crippen LogP contribution in [0.3, 0.4) is 0 Å². The van der Waals surface area contributed by atoms with E-state index < -0.39 is 16.5 Å². The summed E-state index contributed by atoms with van der Waals surface area (Å²) >= 11 is 0. The van der Waals surface area contributed by atoms with E-state index in [1.807, 2.05) is 0 Å². The lowest BCUT2D eigenvalue weighted by molar-refractivity contribution is -0.385. The molecule has 0 saturated carbocycles. The van der Waals surface area contributed by atoms with Crippen LogP contribution in [0.15, 0.2) is 41.2 Å². The van der Waals surface area contributed by atoms with Gasteiger partial charge < -0.3 is 19.5 Å². The zero-order valence-corrected chi connectivity index (χ0v) is 17.8. The van der Waals surface area contributed by atoms with Gasteiger partial charge in [-0.05, 0) is 6.07 Å². The van der Waals surface area contributed by atoms with Crippen LogP contribution in [0.5, 0.6) is 11.5 Å². The van der Waals surface area contributed by atoms with Gasteiger partial charge in [0.05, 0.1) is 56.0 Å². The summed E-state index contributed by atoms with van der Waals surface area (Å²) in [6.07, 6.45) is 0. The molecule has 1 amide bonds. The van der Waals surface area contributed by atoms with Gasteiger partial charge in [-0.2, -0.15) is 5.10 Å². The fourth-order valence-electron chi connectivity index (χ4n) is 3.23. The highest BCUT2D eigenvalue weighted by molar-refractivity contribution is 5.99. The zero-order valence-electron chi connectivity index (χ0n) is 17.8. The van der Waals surface area contributed by atoms with Crippen LogP contribution < -0.4 is 20.3 Å². The number of nitro groups is 1. The number of ether oxygens (including phenoxy) is 3. The molecule has 1 heterocycles. The quantitative estimate of drug-likeness (QED) is 0.392. The largest absolute Gasteiger partial charge is 0.493 e. The summed E-state index contributed by atoms with van der Waals surface area (Å²) in [5.74, 6) is -0.383. The molecule has 0 aliphatic carbocycles. The molecule has 0 atom stereocenters. The molecular weight excluding hydrogens is 420 g/mol. The molecule has 0 spiro atoms. The molecule has 0 radical (unpaired) electrons. The Morgan fingerprint density at radius 3 is 2.41 bits per heavy atom. The molecule has 0 aliphatic heterocycles. The molecule has 11 nitrogen and oxygen atoms in total. The van der Waals surface area contributed by atoms with Crippen molar-refractivity contribution in [2.24, 2.45) is 0 Å². The van der Waals surface area contributed by atoms with Crippen molar-refractivity contribution in [2.75, 3.05) is 27.9 Å². The Balaban J connectivity index is 1.96. The molecular formula is C21H22N4O7. The molecule has 1 aromatic heterocycles. The van der Waals surface area contributed by atoms with Crippen LogP contribution in [-0.2, 0) is 17.8 Å². The van der Waals surface area contributed by atoms with E-state index in [1.165, 1.54) is 32.1 Å². The number of aromatic nitrogens is 2. The smallest absolute Gasteiger partial charge is 0.286 e. The number of nitro benzene ring substituents is 1. The topological polar surface area (TPSA) is 135 Å². The van der Waals surface area contributed by atoms with Gasteiger partial charge in [-0.15, -0.1) is 0 Å². The summed E-state index contributed by atoms with van der Waals surface area (Å²) in [6.45, 7) is 0.468. The molecule has 0 unspecified atom stereocenters. The number of amides is 1. The normalized spacial score (nSPS) is 10.7. The van der Waals surface area contributed by atoms with Gasteiger partial charge in [0.15, 0.2) is 11.5 Å². The van der Waals surface area contributed by atoms with Crippen LogP contribution in [0.25, 0.3) is 10.8 Å². The minimum atomic E-state index is -0.696. The van der Waals surface area contributed by atoms with Crippen LogP contribution >= 0.6 is 0 Å². The molecule has 168 valence electrons. The van der Waals surface area contributed by atoms with Crippen molar-refractivity contribution in [1.29, 1.82) is 0 Å². The molecule has 3 aromatic rings. The molecule has 2 aromatic carbocycles. The Hall–Kier alpha value is -3.99. The van der Waals surface area contributed by atoms with Crippen molar-refractivity contribution < 1.29 is 23.9 Å². The van der Waals surface area contributed by atoms with E-state index in [-0.39, 0.29) is 42.3 Å². The second-order valence-electron chi connectivity index (χ2n) is 6.68. The van der Waals surface area contributed by atoms with Crippen molar-refractivity contribution in [3.05, 3.63) is 68.1 Å². The Labute approximate surface area is 182 Å². The Kier molecular flexibility index (Phi) is 7.00. The van der Waals surface area contributed by atoms with Crippen molar-refractivity contribution >= 4 is 22.4 Å². The number of hydrogen-bond acceptors (Lipinski definition) is 8. The van der Waals surface area contributed by atoms with Gasteiger partial charge in [0.25, 0.3) is 17.2 Å². The minimum Gasteiger partial charge on any atom is -0.493 e. The number of carbonyl (C=O) groups excluding carboxylic acids is 1. The van der Waals surface area contributed by atoms with Gasteiger partial charge >= 0.3 is 0 Å². The lowest BCUT2D eigenvalue weighted by atomic mass is 10.1. The predicted molar refractivity (Wildman–Crippen MR) is 115 cm³/mol. The van der Waals surface area contributed by atoms with Gasteiger partial charge in [0.2, 0.25) is 0 Å². The van der Waals surface area contributed by atoms with Crippen LogP contribution in [-0.4, -0.2) is 48.5 Å². The van der Waals surface area contributed by atoms with E-state index in [0.29, 0.717) is 16.5 Å². The van der Waals surface area contributed by atoms with Crippen molar-refractivity contribution in [1.82, 2.24) is 15.1 Å². The molecule has 32 heavy (non-hydrogen) atoms. The maximum atomic E-state index is 12.8. The van der Waals surface area contributed by atoms with Crippen molar-refractivity contribution in [2.45, 2.75) is 13.1 Å². The maximum Gasteiger partial charge on any atom is 0.286 e. The maximum absolute atomic E-state index is 12.8. The molecule has 1 N–H and O–H groups in total. The molecule has 0 aliphatic rings. The fraction of sp³-hybridized carbons (Fsp3) is 0.286. The number of hydrogen-bond donors (Lipinski definition) is 1. The molecule has 0 fully saturated rings. The Morgan fingerprint density at radius 1 is 1.12 bits per heavy atom. The van der Waals surface area contributed by atoms with Crippen LogP contribution in [0.1, 0.15) is 16.1 Å². The lowest BCUT2D eigenvalue weighted by Crippen LogP contribution is -2.29. The highest BCUT2D eigenvalue weighted by atomic mass is 16.6. The van der Waals surface area contributed by atoms with E-state index in [0.717, 1.165) is 6.07 Å². The molecule has 0 saturated heterocycles. The van der Waals surface area contributed by atoms with Crippen LogP contribution in [0.4, 0.5) is 5.69 Å². The first-order chi connectivity index (χ1) is 15.4. The first-order valence-corrected chi connectivity index (χ1v) is 9.57. The van der Waals surface area contributed by atoms with Crippen molar-refractivity contribution in [3.63, 3.8) is 0 Å². The third-order valence-electron chi connectivity index (χ3n) is 4.81. The van der Waals surface area contributed by atoms with Gasteiger partial charge in [-0.1, -0.05) is 18.2 Å². The molecule has 11 heteroatoms. The highest BCUT2D eigenvalue weighted by Crippen LogP contribution is 2.34. The van der Waals surface area contributed by atoms with Crippen LogP contribution in [0.2, 0.25) is 0 Å². The van der Waals surface area contributed by atoms with E-state index in [2.05, 4.69) is 10.4 Å². The van der Waals surface area contributed by atoms with Gasteiger partial charge in [0, 0.05) is 18.6 Å². The Morgan fingerprint density at radius 2 is 1.78 bits per heavy atom. The zero-order chi connectivity index (χ0) is 23.3. The summed E-state index contributed by atoms with van der Waals surface area (Å²) in [4.78, 5) is 36.3. The van der Waals surface area contributed by atoms with Gasteiger partial charge in [-0.25, -0.2) is 4.68 Å². The number of benzene rings is 2. The number of nitrogens with zero attached hydrogens (tertiary/aromatic N) is 3. The first-order valence-electron chi connectivity index (χ1n) is 9.57. The van der Waals surface area contributed by atoms with E-state index in [1.54, 1.807) is 24.3 Å². The summed E-state index contributed by atoms with van der Waals surface area (Å²) in [5, 5.41) is 19.5. The van der Waals surface area contributed by atoms with E-state index >= 15 is 0 Å². The average Bonchev–Trinajstić information content (AvgIpc) is 2.81. The predicted octanol–water partition coefficient (Wildman–Crippen LogP) is 1.90. The number of methoxy groups -OCH3 is 3. The third kappa shape index (κ3) is 4.52. The molecule has 3 rings (SSSR count). The molecule has 0 bridgehead atoms. The monoisotopic (exact) mass is 442 g/mol. The number of carbonyl (C=O) groups is 1. The summed E-state index contributed by atoms with van der Waals surface area (Å²) < 4.78 is 16.5. The fourth-order valence-corrected chi connectivity index (χ4v) is 3.23. The summed E-state index contributed by atoms with van der Waals surface area (Å²) in [7, 11) is 4.23. The Bertz CT molecular complexity index is 1220. The number of nitrogens with one attached hydrogen (secondary N) is 1. The number of fused-ring (bicyclic) bond motifs is 1. The minimum absolute atomic E-state index is 0.0574. The van der Waals surface area contributed by atoms with Gasteiger partial charge in [-0.3, -0.25) is 19.7 Å².